The van der Waals surface area contributed by atoms with Gasteiger partial charge in [0.15, 0.2) is 5.58 Å². The molecule has 4 rings (SSSR count). The maximum Gasteiger partial charge on any atom is 0.421 e. The van der Waals surface area contributed by atoms with Crippen molar-refractivity contribution in [1.82, 2.24) is 19.4 Å². The molecule has 1 aliphatic heterocycles. The molecule has 0 atom stereocenters. The largest absolute Gasteiger partial charge is 0.421 e. The second-order valence-electron chi connectivity index (χ2n) is 6.15. The Morgan fingerprint density at radius 1 is 0.958 bits per heavy atom. The molecular formula is C18H20N4O2. The summed E-state index contributed by atoms with van der Waals surface area (Å²) in [7, 11) is 0. The molecule has 1 fully saturated rings. The van der Waals surface area contributed by atoms with Crippen molar-refractivity contribution >= 4 is 11.1 Å². The van der Waals surface area contributed by atoms with Crippen LogP contribution in [0.5, 0.6) is 0 Å². The van der Waals surface area contributed by atoms with Gasteiger partial charge in [-0.25, -0.2) is 4.79 Å². The summed E-state index contributed by atoms with van der Waals surface area (Å²) in [6.45, 7) is 5.40. The van der Waals surface area contributed by atoms with Crippen molar-refractivity contribution in [2.75, 3.05) is 26.2 Å². The number of pyridine rings is 1. The number of nitrogens with zero attached hydrogens (tertiary/aromatic N) is 4. The van der Waals surface area contributed by atoms with Crippen molar-refractivity contribution in [2.24, 2.45) is 0 Å². The fourth-order valence-electron chi connectivity index (χ4n) is 3.18. The van der Waals surface area contributed by atoms with E-state index in [1.54, 1.807) is 4.57 Å². The molecule has 1 aromatic carbocycles. The first-order valence-electron chi connectivity index (χ1n) is 8.21. The van der Waals surface area contributed by atoms with Crippen LogP contribution >= 0.6 is 0 Å². The van der Waals surface area contributed by atoms with Crippen molar-refractivity contribution in [1.29, 1.82) is 0 Å². The van der Waals surface area contributed by atoms with Gasteiger partial charge in [0.2, 0.25) is 0 Å². The minimum absolute atomic E-state index is 0.282. The van der Waals surface area contributed by atoms with E-state index in [1.165, 1.54) is 5.56 Å². The SMILES string of the molecule is O=c1oc2ccccc2n1CN1CCN(Cc2ccncc2)CC1. The van der Waals surface area contributed by atoms with Crippen LogP contribution in [0.3, 0.4) is 0 Å². The number of hydrogen-bond donors (Lipinski definition) is 0. The van der Waals surface area contributed by atoms with E-state index in [-0.39, 0.29) is 5.76 Å². The quantitative estimate of drug-likeness (QED) is 0.732. The molecule has 6 nitrogen and oxygen atoms in total. The molecule has 124 valence electrons. The summed E-state index contributed by atoms with van der Waals surface area (Å²) in [4.78, 5) is 20.9. The number of fused-ring (bicyclic) bond motifs is 1. The van der Waals surface area contributed by atoms with E-state index in [4.69, 9.17) is 4.42 Å². The third-order valence-corrected chi connectivity index (χ3v) is 4.54. The van der Waals surface area contributed by atoms with Crippen LogP contribution in [0.2, 0.25) is 0 Å². The van der Waals surface area contributed by atoms with E-state index in [0.29, 0.717) is 12.3 Å². The van der Waals surface area contributed by atoms with E-state index < -0.39 is 0 Å². The summed E-state index contributed by atoms with van der Waals surface area (Å²) in [6, 6.07) is 11.7. The van der Waals surface area contributed by atoms with Gasteiger partial charge < -0.3 is 4.42 Å². The number of oxazole rings is 1. The Hall–Kier alpha value is -2.44. The zero-order valence-electron chi connectivity index (χ0n) is 13.5. The molecule has 0 unspecified atom stereocenters. The van der Waals surface area contributed by atoms with Crippen molar-refractivity contribution in [2.45, 2.75) is 13.2 Å². The summed E-state index contributed by atoms with van der Waals surface area (Å²) in [6.07, 6.45) is 3.67. The second-order valence-corrected chi connectivity index (χ2v) is 6.15. The van der Waals surface area contributed by atoms with Gasteiger partial charge in [-0.05, 0) is 29.8 Å². The van der Waals surface area contributed by atoms with Gasteiger partial charge in [-0.15, -0.1) is 0 Å². The Balaban J connectivity index is 1.39. The minimum Gasteiger partial charge on any atom is -0.408 e. The van der Waals surface area contributed by atoms with Crippen molar-refractivity contribution < 1.29 is 4.42 Å². The van der Waals surface area contributed by atoms with Crippen LogP contribution in [-0.4, -0.2) is 45.5 Å². The maximum absolute atomic E-state index is 12.1. The third kappa shape index (κ3) is 3.11. The summed E-state index contributed by atoms with van der Waals surface area (Å²) >= 11 is 0. The fraction of sp³-hybridized carbons (Fsp3) is 0.333. The zero-order valence-corrected chi connectivity index (χ0v) is 13.5. The molecule has 0 spiro atoms. The van der Waals surface area contributed by atoms with Crippen LogP contribution in [0.1, 0.15) is 5.56 Å². The third-order valence-electron chi connectivity index (χ3n) is 4.54. The first kappa shape index (κ1) is 15.1. The molecule has 0 bridgehead atoms. The standard InChI is InChI=1S/C18H20N4O2/c23-18-22(16-3-1-2-4-17(16)24-18)14-21-11-9-20(10-12-21)13-15-5-7-19-8-6-15/h1-8H,9-14H2. The lowest BCUT2D eigenvalue weighted by atomic mass is 10.2. The Bertz CT molecular complexity index is 863. The Labute approximate surface area is 139 Å². The van der Waals surface area contributed by atoms with Crippen LogP contribution in [-0.2, 0) is 13.2 Å². The van der Waals surface area contributed by atoms with Crippen LogP contribution in [0.4, 0.5) is 0 Å². The highest BCUT2D eigenvalue weighted by Gasteiger charge is 2.19. The van der Waals surface area contributed by atoms with Crippen molar-refractivity contribution in [3.63, 3.8) is 0 Å². The molecular weight excluding hydrogens is 304 g/mol. The molecule has 0 N–H and O–H groups in total. The normalized spacial score (nSPS) is 16.7. The number of aromatic nitrogens is 2. The first-order valence-corrected chi connectivity index (χ1v) is 8.21. The van der Waals surface area contributed by atoms with E-state index in [9.17, 15) is 4.79 Å². The van der Waals surface area contributed by atoms with Crippen LogP contribution in [0, 0.1) is 0 Å². The molecule has 3 heterocycles. The van der Waals surface area contributed by atoms with Gasteiger partial charge in [-0.3, -0.25) is 19.4 Å². The molecule has 1 aliphatic rings. The Kier molecular flexibility index (Phi) is 4.15. The topological polar surface area (TPSA) is 54.5 Å². The number of para-hydroxylation sites is 2. The lowest BCUT2D eigenvalue weighted by molar-refractivity contribution is 0.102. The molecule has 0 saturated carbocycles. The highest BCUT2D eigenvalue weighted by Crippen LogP contribution is 2.14. The van der Waals surface area contributed by atoms with E-state index >= 15 is 0 Å². The molecule has 2 aromatic heterocycles. The summed E-state index contributed by atoms with van der Waals surface area (Å²) in [5.41, 5.74) is 2.80. The average Bonchev–Trinajstić information content (AvgIpc) is 2.93. The summed E-state index contributed by atoms with van der Waals surface area (Å²) in [5, 5.41) is 0. The van der Waals surface area contributed by atoms with Gasteiger partial charge in [0.25, 0.3) is 0 Å². The first-order chi connectivity index (χ1) is 11.8. The minimum atomic E-state index is -0.282. The monoisotopic (exact) mass is 324 g/mol. The maximum atomic E-state index is 12.1. The van der Waals surface area contributed by atoms with Gasteiger partial charge in [-0.2, -0.15) is 0 Å². The van der Waals surface area contributed by atoms with E-state index in [2.05, 4.69) is 26.9 Å². The molecule has 0 radical (unpaired) electrons. The Morgan fingerprint density at radius 2 is 1.67 bits per heavy atom. The Morgan fingerprint density at radius 3 is 2.46 bits per heavy atom. The van der Waals surface area contributed by atoms with Crippen molar-refractivity contribution in [3.8, 4) is 0 Å². The van der Waals surface area contributed by atoms with Crippen molar-refractivity contribution in [3.05, 3.63) is 64.9 Å². The average molecular weight is 324 g/mol. The van der Waals surface area contributed by atoms with Crippen LogP contribution < -0.4 is 5.76 Å². The lowest BCUT2D eigenvalue weighted by Crippen LogP contribution is -2.47. The summed E-state index contributed by atoms with van der Waals surface area (Å²) in [5.74, 6) is -0.282. The predicted molar refractivity (Wildman–Crippen MR) is 91.6 cm³/mol. The molecule has 1 saturated heterocycles. The smallest absolute Gasteiger partial charge is 0.408 e. The van der Waals surface area contributed by atoms with Gasteiger partial charge >= 0.3 is 5.76 Å². The molecule has 0 aliphatic carbocycles. The van der Waals surface area contributed by atoms with Gasteiger partial charge in [0.1, 0.15) is 0 Å². The molecule has 0 amide bonds. The van der Waals surface area contributed by atoms with E-state index in [0.717, 1.165) is 38.2 Å². The lowest BCUT2D eigenvalue weighted by Gasteiger charge is -2.34. The zero-order chi connectivity index (χ0) is 16.4. The van der Waals surface area contributed by atoms with Crippen LogP contribution in [0.25, 0.3) is 11.1 Å². The molecule has 6 heteroatoms. The predicted octanol–water partition coefficient (Wildman–Crippen LogP) is 1.76. The van der Waals surface area contributed by atoms with Gasteiger partial charge in [0, 0.05) is 45.1 Å². The highest BCUT2D eigenvalue weighted by molar-refractivity contribution is 5.72. The number of benzene rings is 1. The molecule has 24 heavy (non-hydrogen) atoms. The summed E-state index contributed by atoms with van der Waals surface area (Å²) < 4.78 is 7.02. The fourth-order valence-corrected chi connectivity index (χ4v) is 3.18. The number of piperazine rings is 1. The van der Waals surface area contributed by atoms with Gasteiger partial charge in [-0.1, -0.05) is 12.1 Å². The van der Waals surface area contributed by atoms with E-state index in [1.807, 2.05) is 36.7 Å². The molecule has 3 aromatic rings. The highest BCUT2D eigenvalue weighted by atomic mass is 16.4. The number of rotatable bonds is 4. The van der Waals surface area contributed by atoms with Crippen LogP contribution in [0.15, 0.2) is 58.0 Å². The van der Waals surface area contributed by atoms with Gasteiger partial charge in [0.05, 0.1) is 12.2 Å². The second kappa shape index (κ2) is 6.59. The number of hydrogen-bond acceptors (Lipinski definition) is 5.